The minimum absolute atomic E-state index is 0.0920. The fourth-order valence-electron chi connectivity index (χ4n) is 3.32. The number of nitrogens with zero attached hydrogens (tertiary/aromatic N) is 4. The lowest BCUT2D eigenvalue weighted by Crippen LogP contribution is -2.49. The van der Waals surface area contributed by atoms with Gasteiger partial charge in [-0.25, -0.2) is 9.97 Å². The van der Waals surface area contributed by atoms with Gasteiger partial charge in [-0.05, 0) is 42.8 Å². The van der Waals surface area contributed by atoms with Gasteiger partial charge in [0.25, 0.3) is 0 Å². The maximum atomic E-state index is 12.7. The van der Waals surface area contributed by atoms with E-state index in [1.54, 1.807) is 12.3 Å². The van der Waals surface area contributed by atoms with E-state index in [1.807, 2.05) is 41.5 Å². The van der Waals surface area contributed by atoms with Gasteiger partial charge in [-0.1, -0.05) is 23.2 Å². The molecule has 1 fully saturated rings. The van der Waals surface area contributed by atoms with E-state index >= 15 is 0 Å². The van der Waals surface area contributed by atoms with Crippen molar-refractivity contribution in [3.8, 4) is 0 Å². The lowest BCUT2D eigenvalue weighted by molar-refractivity contribution is -0.130. The van der Waals surface area contributed by atoms with E-state index in [1.165, 1.54) is 11.3 Å². The molecule has 6 nitrogen and oxygen atoms in total. The third-order valence-electron chi connectivity index (χ3n) is 4.94. The van der Waals surface area contributed by atoms with Gasteiger partial charge >= 0.3 is 0 Å². The Kier molecular flexibility index (Phi) is 6.41. The Hall–Kier alpha value is -2.35. The number of carbonyl (C=O) groups excluding carboxylic acids is 1. The van der Waals surface area contributed by atoms with Crippen LogP contribution in [-0.4, -0.2) is 47.0 Å². The molecule has 1 aliphatic heterocycles. The van der Waals surface area contributed by atoms with Crippen LogP contribution in [0.2, 0.25) is 10.0 Å². The standard InChI is InChI=1S/C21H21Cl2N5OS/c1-14-4-5-24-19(10-14)26-21-25-15(13-30-21)11-20(29)28-8-6-27(7-9-28)16-2-3-17(22)18(23)12-16/h2-5,10,12-13H,6-9,11H2,1H3,(H,24,25,26). The largest absolute Gasteiger partial charge is 0.368 e. The van der Waals surface area contributed by atoms with Crippen molar-refractivity contribution in [2.24, 2.45) is 0 Å². The second-order valence-electron chi connectivity index (χ2n) is 7.13. The van der Waals surface area contributed by atoms with Gasteiger partial charge in [0.1, 0.15) is 5.82 Å². The number of hydrogen-bond donors (Lipinski definition) is 1. The van der Waals surface area contributed by atoms with Gasteiger partial charge in [-0.2, -0.15) is 0 Å². The summed E-state index contributed by atoms with van der Waals surface area (Å²) in [6.07, 6.45) is 2.06. The smallest absolute Gasteiger partial charge is 0.228 e. The number of pyridine rings is 1. The molecule has 9 heteroatoms. The monoisotopic (exact) mass is 461 g/mol. The van der Waals surface area contributed by atoms with Gasteiger partial charge < -0.3 is 15.1 Å². The molecular weight excluding hydrogens is 441 g/mol. The van der Waals surface area contributed by atoms with Crippen molar-refractivity contribution in [1.29, 1.82) is 0 Å². The molecule has 1 aliphatic rings. The summed E-state index contributed by atoms with van der Waals surface area (Å²) in [6, 6.07) is 9.53. The summed E-state index contributed by atoms with van der Waals surface area (Å²) in [6.45, 7) is 4.86. The van der Waals surface area contributed by atoms with Crippen LogP contribution in [0.15, 0.2) is 41.9 Å². The minimum atomic E-state index is 0.0920. The fraction of sp³-hybridized carbons (Fsp3) is 0.286. The molecule has 0 spiro atoms. The molecule has 1 saturated heterocycles. The molecule has 0 aliphatic carbocycles. The zero-order chi connectivity index (χ0) is 21.1. The molecule has 4 rings (SSSR count). The Morgan fingerprint density at radius 1 is 1.13 bits per heavy atom. The lowest BCUT2D eigenvalue weighted by atomic mass is 10.2. The van der Waals surface area contributed by atoms with Crippen molar-refractivity contribution in [3.05, 3.63) is 63.2 Å². The highest BCUT2D eigenvalue weighted by Crippen LogP contribution is 2.28. The lowest BCUT2D eigenvalue weighted by Gasteiger charge is -2.36. The summed E-state index contributed by atoms with van der Waals surface area (Å²) in [5.74, 6) is 0.843. The molecule has 3 aromatic rings. The van der Waals surface area contributed by atoms with Crippen molar-refractivity contribution < 1.29 is 4.79 Å². The van der Waals surface area contributed by atoms with Crippen LogP contribution < -0.4 is 10.2 Å². The minimum Gasteiger partial charge on any atom is -0.368 e. The van der Waals surface area contributed by atoms with Crippen LogP contribution in [0.4, 0.5) is 16.6 Å². The molecule has 1 aromatic carbocycles. The van der Waals surface area contributed by atoms with E-state index in [0.717, 1.165) is 41.0 Å². The quantitative estimate of drug-likeness (QED) is 0.591. The number of carbonyl (C=O) groups is 1. The SMILES string of the molecule is Cc1ccnc(Nc2nc(CC(=O)N3CCN(c4ccc(Cl)c(Cl)c4)CC3)cs2)c1. The Bertz CT molecular complexity index is 1050. The number of thiazole rings is 1. The first-order chi connectivity index (χ1) is 14.5. The first-order valence-electron chi connectivity index (χ1n) is 9.60. The van der Waals surface area contributed by atoms with Gasteiger partial charge in [-0.3, -0.25) is 4.79 Å². The van der Waals surface area contributed by atoms with Gasteiger partial charge in [0.15, 0.2) is 5.13 Å². The van der Waals surface area contributed by atoms with E-state index in [0.29, 0.717) is 29.6 Å². The topological polar surface area (TPSA) is 61.4 Å². The summed E-state index contributed by atoms with van der Waals surface area (Å²) >= 11 is 13.6. The van der Waals surface area contributed by atoms with Gasteiger partial charge in [0, 0.05) is 43.4 Å². The average Bonchev–Trinajstić information content (AvgIpc) is 3.17. The van der Waals surface area contributed by atoms with Crippen LogP contribution >= 0.6 is 34.5 Å². The first kappa shape index (κ1) is 20.9. The highest BCUT2D eigenvalue weighted by molar-refractivity contribution is 7.13. The number of nitrogens with one attached hydrogen (secondary N) is 1. The first-order valence-corrected chi connectivity index (χ1v) is 11.2. The second-order valence-corrected chi connectivity index (χ2v) is 8.80. The van der Waals surface area contributed by atoms with Gasteiger partial charge in [0.2, 0.25) is 5.91 Å². The van der Waals surface area contributed by atoms with Crippen molar-refractivity contribution in [3.63, 3.8) is 0 Å². The van der Waals surface area contributed by atoms with Crippen molar-refractivity contribution >= 4 is 57.1 Å². The van der Waals surface area contributed by atoms with Crippen molar-refractivity contribution in [1.82, 2.24) is 14.9 Å². The van der Waals surface area contributed by atoms with Crippen molar-refractivity contribution in [2.45, 2.75) is 13.3 Å². The summed E-state index contributed by atoms with van der Waals surface area (Å²) in [5.41, 5.74) is 2.92. The summed E-state index contributed by atoms with van der Waals surface area (Å²) < 4.78 is 0. The summed E-state index contributed by atoms with van der Waals surface area (Å²) in [4.78, 5) is 25.6. The molecule has 0 unspecified atom stereocenters. The third-order valence-corrected chi connectivity index (χ3v) is 6.48. The van der Waals surface area contributed by atoms with Gasteiger partial charge in [-0.15, -0.1) is 11.3 Å². The van der Waals surface area contributed by atoms with Crippen LogP contribution in [0.5, 0.6) is 0 Å². The highest BCUT2D eigenvalue weighted by Gasteiger charge is 2.22. The number of rotatable bonds is 5. The molecule has 2 aromatic heterocycles. The number of amides is 1. The predicted octanol–water partition coefficient (Wildman–Crippen LogP) is 4.79. The van der Waals surface area contributed by atoms with E-state index < -0.39 is 0 Å². The zero-order valence-electron chi connectivity index (χ0n) is 16.4. The number of aryl methyl sites for hydroxylation is 1. The molecule has 1 N–H and O–H groups in total. The highest BCUT2D eigenvalue weighted by atomic mass is 35.5. The number of anilines is 3. The molecule has 156 valence electrons. The number of piperazine rings is 1. The number of benzene rings is 1. The van der Waals surface area contributed by atoms with Crippen molar-refractivity contribution in [2.75, 3.05) is 36.4 Å². The van der Waals surface area contributed by atoms with E-state index in [4.69, 9.17) is 23.2 Å². The Balaban J connectivity index is 1.31. The Morgan fingerprint density at radius 2 is 1.93 bits per heavy atom. The Labute approximate surface area is 189 Å². The third kappa shape index (κ3) is 5.03. The normalized spacial score (nSPS) is 14.1. The molecule has 30 heavy (non-hydrogen) atoms. The van der Waals surface area contributed by atoms with Crippen LogP contribution in [0.25, 0.3) is 0 Å². The molecule has 0 radical (unpaired) electrons. The van der Waals surface area contributed by atoms with Crippen LogP contribution in [-0.2, 0) is 11.2 Å². The van der Waals surface area contributed by atoms with E-state index in [-0.39, 0.29) is 5.91 Å². The average molecular weight is 462 g/mol. The maximum Gasteiger partial charge on any atom is 0.228 e. The van der Waals surface area contributed by atoms with Crippen LogP contribution in [0.3, 0.4) is 0 Å². The number of aromatic nitrogens is 2. The fourth-order valence-corrected chi connectivity index (χ4v) is 4.33. The van der Waals surface area contributed by atoms with E-state index in [9.17, 15) is 4.79 Å². The zero-order valence-corrected chi connectivity index (χ0v) is 18.8. The molecule has 0 atom stereocenters. The molecule has 3 heterocycles. The molecule has 0 bridgehead atoms. The predicted molar refractivity (Wildman–Crippen MR) is 123 cm³/mol. The molecule has 0 saturated carbocycles. The number of hydrogen-bond acceptors (Lipinski definition) is 6. The molecule has 1 amide bonds. The van der Waals surface area contributed by atoms with E-state index in [2.05, 4.69) is 20.2 Å². The maximum absolute atomic E-state index is 12.7. The van der Waals surface area contributed by atoms with Gasteiger partial charge in [0.05, 0.1) is 22.2 Å². The Morgan fingerprint density at radius 3 is 2.67 bits per heavy atom. The second kappa shape index (κ2) is 9.20. The van der Waals surface area contributed by atoms with Crippen LogP contribution in [0, 0.1) is 6.92 Å². The number of halogens is 2. The van der Waals surface area contributed by atoms with Crippen LogP contribution in [0.1, 0.15) is 11.3 Å². The summed E-state index contributed by atoms with van der Waals surface area (Å²) in [5, 5.41) is 6.94. The molecular formula is C21H21Cl2N5OS. The summed E-state index contributed by atoms with van der Waals surface area (Å²) in [7, 11) is 0.